The minimum atomic E-state index is -0.545. The van der Waals surface area contributed by atoms with E-state index < -0.39 is 6.10 Å². The molecule has 2 aromatic rings. The molecule has 1 unspecified atom stereocenters. The van der Waals surface area contributed by atoms with Crippen molar-refractivity contribution in [1.82, 2.24) is 15.0 Å². The zero-order valence-corrected chi connectivity index (χ0v) is 10.9. The van der Waals surface area contributed by atoms with Gasteiger partial charge in [0, 0.05) is 18.0 Å². The van der Waals surface area contributed by atoms with Crippen LogP contribution in [0, 0.1) is 6.92 Å². The summed E-state index contributed by atoms with van der Waals surface area (Å²) in [6.45, 7) is 3.45. The third kappa shape index (κ3) is 3.18. The normalized spacial score (nSPS) is 12.4. The van der Waals surface area contributed by atoms with Gasteiger partial charge in [-0.15, -0.1) is 0 Å². The molecule has 0 fully saturated rings. The molecular formula is C12H13N3O2S. The molecular weight excluding hydrogens is 250 g/mol. The van der Waals surface area contributed by atoms with E-state index in [9.17, 15) is 9.90 Å². The lowest BCUT2D eigenvalue weighted by atomic mass is 10.2. The molecule has 18 heavy (non-hydrogen) atoms. The van der Waals surface area contributed by atoms with Crippen molar-refractivity contribution >= 4 is 11.8 Å². The van der Waals surface area contributed by atoms with E-state index >= 15 is 0 Å². The molecule has 2 heterocycles. The van der Waals surface area contributed by atoms with Crippen LogP contribution in [0.15, 0.2) is 39.4 Å². The molecule has 1 atom stereocenters. The SMILES string of the molecule is Cc1cc(=O)[nH]c(Sc2cc(C(C)O)ccn2)n1. The third-order valence-corrected chi connectivity index (χ3v) is 3.11. The van der Waals surface area contributed by atoms with E-state index in [0.717, 1.165) is 5.56 Å². The Hall–Kier alpha value is -1.66. The molecule has 94 valence electrons. The van der Waals surface area contributed by atoms with E-state index in [1.165, 1.54) is 17.8 Å². The molecule has 0 saturated carbocycles. The number of aliphatic hydroxyl groups excluding tert-OH is 1. The van der Waals surface area contributed by atoms with Crippen LogP contribution >= 0.6 is 11.8 Å². The number of H-pyrrole nitrogens is 1. The lowest BCUT2D eigenvalue weighted by Gasteiger charge is -2.06. The summed E-state index contributed by atoms with van der Waals surface area (Å²) in [7, 11) is 0. The molecule has 2 rings (SSSR count). The van der Waals surface area contributed by atoms with Gasteiger partial charge in [-0.1, -0.05) is 0 Å². The van der Waals surface area contributed by atoms with E-state index in [1.807, 2.05) is 0 Å². The van der Waals surface area contributed by atoms with E-state index in [0.29, 0.717) is 15.9 Å². The smallest absolute Gasteiger partial charge is 0.251 e. The Kier molecular flexibility index (Phi) is 3.78. The summed E-state index contributed by atoms with van der Waals surface area (Å²) in [6.07, 6.45) is 1.08. The van der Waals surface area contributed by atoms with Crippen molar-refractivity contribution in [1.29, 1.82) is 0 Å². The van der Waals surface area contributed by atoms with E-state index in [4.69, 9.17) is 0 Å². The van der Waals surface area contributed by atoms with Crippen LogP contribution in [-0.4, -0.2) is 20.1 Å². The zero-order chi connectivity index (χ0) is 13.1. The molecule has 0 bridgehead atoms. The largest absolute Gasteiger partial charge is 0.389 e. The molecule has 6 heteroatoms. The Balaban J connectivity index is 2.28. The average Bonchev–Trinajstić information content (AvgIpc) is 2.27. The summed E-state index contributed by atoms with van der Waals surface area (Å²) in [6, 6.07) is 4.96. The van der Waals surface area contributed by atoms with Crippen LogP contribution in [0.5, 0.6) is 0 Å². The number of aromatic amines is 1. The van der Waals surface area contributed by atoms with Gasteiger partial charge in [0.05, 0.1) is 6.10 Å². The van der Waals surface area contributed by atoms with Crippen LogP contribution in [0.2, 0.25) is 0 Å². The lowest BCUT2D eigenvalue weighted by Crippen LogP contribution is -2.08. The number of nitrogens with zero attached hydrogens (tertiary/aromatic N) is 2. The van der Waals surface area contributed by atoms with Gasteiger partial charge in [0.25, 0.3) is 5.56 Å². The highest BCUT2D eigenvalue weighted by molar-refractivity contribution is 7.99. The Labute approximate surface area is 108 Å². The molecule has 0 aliphatic carbocycles. The zero-order valence-electron chi connectivity index (χ0n) is 10.0. The second-order valence-corrected chi connectivity index (χ2v) is 4.91. The van der Waals surface area contributed by atoms with Crippen molar-refractivity contribution in [3.05, 3.63) is 46.0 Å². The maximum absolute atomic E-state index is 11.3. The highest BCUT2D eigenvalue weighted by Gasteiger charge is 2.06. The molecule has 2 aromatic heterocycles. The summed E-state index contributed by atoms with van der Waals surface area (Å²) in [5, 5.41) is 10.7. The van der Waals surface area contributed by atoms with E-state index in [-0.39, 0.29) is 5.56 Å². The number of rotatable bonds is 3. The quantitative estimate of drug-likeness (QED) is 0.824. The third-order valence-electron chi connectivity index (χ3n) is 2.29. The second kappa shape index (κ2) is 5.32. The molecule has 0 amide bonds. The van der Waals surface area contributed by atoms with Crippen LogP contribution in [0.3, 0.4) is 0 Å². The predicted molar refractivity (Wildman–Crippen MR) is 68.6 cm³/mol. The van der Waals surface area contributed by atoms with Gasteiger partial charge in [-0.05, 0) is 43.3 Å². The predicted octanol–water partition coefficient (Wildman–Crippen LogP) is 1.68. The lowest BCUT2D eigenvalue weighted by molar-refractivity contribution is 0.199. The van der Waals surface area contributed by atoms with E-state index in [1.54, 1.807) is 32.2 Å². The number of aromatic nitrogens is 3. The molecule has 0 aliphatic rings. The van der Waals surface area contributed by atoms with Crippen molar-refractivity contribution in [3.63, 3.8) is 0 Å². The first-order valence-electron chi connectivity index (χ1n) is 5.44. The van der Waals surface area contributed by atoms with Gasteiger partial charge in [-0.2, -0.15) is 0 Å². The van der Waals surface area contributed by atoms with Crippen LogP contribution in [0.4, 0.5) is 0 Å². The van der Waals surface area contributed by atoms with Crippen LogP contribution < -0.4 is 5.56 Å². The van der Waals surface area contributed by atoms with Gasteiger partial charge in [0.1, 0.15) is 5.03 Å². The summed E-state index contributed by atoms with van der Waals surface area (Å²) in [4.78, 5) is 22.3. The number of nitrogens with one attached hydrogen (secondary N) is 1. The number of hydrogen-bond donors (Lipinski definition) is 2. The van der Waals surface area contributed by atoms with Gasteiger partial charge >= 0.3 is 0 Å². The number of aliphatic hydroxyl groups is 1. The van der Waals surface area contributed by atoms with Crippen LogP contribution in [0.1, 0.15) is 24.3 Å². The van der Waals surface area contributed by atoms with Crippen LogP contribution in [-0.2, 0) is 0 Å². The second-order valence-electron chi connectivity index (χ2n) is 3.90. The minimum absolute atomic E-state index is 0.184. The Morgan fingerprint density at radius 2 is 2.22 bits per heavy atom. The molecule has 0 aromatic carbocycles. The standard InChI is InChI=1S/C12H13N3O2S/c1-7-5-10(17)15-12(14-7)18-11-6-9(8(2)16)3-4-13-11/h3-6,8,16H,1-2H3,(H,14,15,17). The molecule has 5 nitrogen and oxygen atoms in total. The van der Waals surface area contributed by atoms with Gasteiger partial charge in [0.2, 0.25) is 0 Å². The fourth-order valence-corrected chi connectivity index (χ4v) is 2.29. The highest BCUT2D eigenvalue weighted by atomic mass is 32.2. The van der Waals surface area contributed by atoms with Gasteiger partial charge in [0.15, 0.2) is 5.16 Å². The van der Waals surface area contributed by atoms with Gasteiger partial charge < -0.3 is 10.1 Å². The topological polar surface area (TPSA) is 78.9 Å². The van der Waals surface area contributed by atoms with Gasteiger partial charge in [-0.3, -0.25) is 4.79 Å². The molecule has 2 N–H and O–H groups in total. The molecule has 0 aliphatic heterocycles. The summed E-state index contributed by atoms with van der Waals surface area (Å²) >= 11 is 1.26. The average molecular weight is 263 g/mol. The van der Waals surface area contributed by atoms with E-state index in [2.05, 4.69) is 15.0 Å². The first kappa shape index (κ1) is 12.8. The number of aryl methyl sites for hydroxylation is 1. The Morgan fingerprint density at radius 1 is 1.44 bits per heavy atom. The summed E-state index contributed by atoms with van der Waals surface area (Å²) in [5.74, 6) is 0. The molecule has 0 saturated heterocycles. The van der Waals surface area contributed by atoms with Crippen LogP contribution in [0.25, 0.3) is 0 Å². The first-order valence-corrected chi connectivity index (χ1v) is 6.26. The maximum atomic E-state index is 11.3. The molecule has 0 radical (unpaired) electrons. The van der Waals surface area contributed by atoms with Crippen molar-refractivity contribution in [2.24, 2.45) is 0 Å². The Bertz CT molecular complexity index is 610. The number of hydrogen-bond acceptors (Lipinski definition) is 5. The van der Waals surface area contributed by atoms with Crippen molar-refractivity contribution in [3.8, 4) is 0 Å². The highest BCUT2D eigenvalue weighted by Crippen LogP contribution is 2.24. The summed E-state index contributed by atoms with van der Waals surface area (Å²) in [5.41, 5.74) is 1.26. The van der Waals surface area contributed by atoms with Crippen molar-refractivity contribution in [2.75, 3.05) is 0 Å². The fraction of sp³-hybridized carbons (Fsp3) is 0.250. The van der Waals surface area contributed by atoms with Gasteiger partial charge in [-0.25, -0.2) is 9.97 Å². The minimum Gasteiger partial charge on any atom is -0.389 e. The molecule has 0 spiro atoms. The Morgan fingerprint density at radius 3 is 2.89 bits per heavy atom. The van der Waals surface area contributed by atoms with Crippen molar-refractivity contribution in [2.45, 2.75) is 30.1 Å². The maximum Gasteiger partial charge on any atom is 0.251 e. The fourth-order valence-electron chi connectivity index (χ4n) is 1.44. The number of pyridine rings is 1. The first-order chi connectivity index (χ1) is 8.54. The summed E-state index contributed by atoms with van der Waals surface area (Å²) < 4.78 is 0. The van der Waals surface area contributed by atoms with Crippen molar-refractivity contribution < 1.29 is 5.11 Å². The monoisotopic (exact) mass is 263 g/mol.